The van der Waals surface area contributed by atoms with Crippen molar-refractivity contribution >= 4 is 15.7 Å². The summed E-state index contributed by atoms with van der Waals surface area (Å²) in [5, 5.41) is 14.0. The highest BCUT2D eigenvalue weighted by atomic mass is 32.2. The van der Waals surface area contributed by atoms with Gasteiger partial charge in [0.2, 0.25) is 0 Å². The first-order valence-electron chi connectivity index (χ1n) is 6.51. The molecule has 0 saturated carbocycles. The van der Waals surface area contributed by atoms with Crippen LogP contribution < -0.4 is 10.0 Å². The first kappa shape index (κ1) is 15.8. The van der Waals surface area contributed by atoms with Gasteiger partial charge < -0.3 is 5.32 Å². The van der Waals surface area contributed by atoms with Crippen LogP contribution in [-0.4, -0.2) is 32.0 Å². The zero-order chi connectivity index (χ0) is 15.6. The molecule has 1 heterocycles. The monoisotopic (exact) mass is 317 g/mol. The van der Waals surface area contributed by atoms with Crippen LogP contribution in [-0.2, 0) is 10.0 Å². The van der Waals surface area contributed by atoms with E-state index in [9.17, 15) is 22.9 Å². The molecule has 0 aromatic heterocycles. The first-order valence-corrected chi connectivity index (χ1v) is 8.00. The average Bonchev–Trinajstić information content (AvgIpc) is 2.40. The van der Waals surface area contributed by atoms with Crippen molar-refractivity contribution in [2.24, 2.45) is 0 Å². The molecule has 1 aromatic rings. The minimum atomic E-state index is -4.31. The smallest absolute Gasteiger partial charge is 0.292 e. The number of nitro groups is 1. The molecule has 2 atom stereocenters. The van der Waals surface area contributed by atoms with Crippen molar-refractivity contribution in [3.05, 3.63) is 34.1 Å². The molecular weight excluding hydrogens is 301 g/mol. The minimum absolute atomic E-state index is 0.126. The molecular formula is C12H16FN3O4S. The molecule has 0 spiro atoms. The van der Waals surface area contributed by atoms with Gasteiger partial charge in [-0.1, -0.05) is 6.07 Å². The first-order chi connectivity index (χ1) is 9.83. The van der Waals surface area contributed by atoms with Crippen molar-refractivity contribution in [3.63, 3.8) is 0 Å². The fraction of sp³-hybridized carbons (Fsp3) is 0.500. The molecule has 1 aliphatic rings. The van der Waals surface area contributed by atoms with E-state index in [-0.39, 0.29) is 6.04 Å². The van der Waals surface area contributed by atoms with E-state index in [0.29, 0.717) is 6.42 Å². The summed E-state index contributed by atoms with van der Waals surface area (Å²) in [4.78, 5) is 9.10. The van der Waals surface area contributed by atoms with Gasteiger partial charge >= 0.3 is 0 Å². The molecule has 116 valence electrons. The summed E-state index contributed by atoms with van der Waals surface area (Å²) >= 11 is 0. The Bertz CT molecular complexity index is 650. The molecule has 0 bridgehead atoms. The Kier molecular flexibility index (Phi) is 4.55. The van der Waals surface area contributed by atoms with Gasteiger partial charge in [0.25, 0.3) is 15.7 Å². The van der Waals surface area contributed by atoms with Crippen LogP contribution in [0.4, 0.5) is 10.1 Å². The molecule has 1 aromatic carbocycles. The topological polar surface area (TPSA) is 101 Å². The second-order valence-electron chi connectivity index (χ2n) is 4.96. The largest absolute Gasteiger partial charge is 0.313 e. The zero-order valence-corrected chi connectivity index (χ0v) is 12.2. The maximum atomic E-state index is 13.8. The lowest BCUT2D eigenvalue weighted by molar-refractivity contribution is -0.388. The number of rotatable bonds is 4. The molecule has 1 fully saturated rings. The SMILES string of the molecule is CC1NCCCC1NS(=O)(=O)c1c(F)cccc1[N+](=O)[O-]. The Hall–Kier alpha value is -1.58. The maximum absolute atomic E-state index is 13.8. The van der Waals surface area contributed by atoms with Gasteiger partial charge in [0.15, 0.2) is 4.90 Å². The third-order valence-corrected chi connectivity index (χ3v) is 5.03. The fourth-order valence-corrected chi connectivity index (χ4v) is 3.95. The highest BCUT2D eigenvalue weighted by Gasteiger charge is 2.33. The normalized spacial score (nSPS) is 23.0. The average molecular weight is 317 g/mol. The fourth-order valence-electron chi connectivity index (χ4n) is 2.37. The Morgan fingerprint density at radius 3 is 2.81 bits per heavy atom. The van der Waals surface area contributed by atoms with Crippen LogP contribution in [0.5, 0.6) is 0 Å². The maximum Gasteiger partial charge on any atom is 0.292 e. The van der Waals surface area contributed by atoms with E-state index in [4.69, 9.17) is 0 Å². The lowest BCUT2D eigenvalue weighted by Gasteiger charge is -2.30. The second kappa shape index (κ2) is 6.04. The summed E-state index contributed by atoms with van der Waals surface area (Å²) in [6.45, 7) is 2.58. The van der Waals surface area contributed by atoms with E-state index in [0.717, 1.165) is 31.2 Å². The Morgan fingerprint density at radius 1 is 1.48 bits per heavy atom. The molecule has 0 amide bonds. The molecule has 9 heteroatoms. The molecule has 0 aliphatic carbocycles. The van der Waals surface area contributed by atoms with Crippen molar-refractivity contribution < 1.29 is 17.7 Å². The number of benzene rings is 1. The molecule has 2 unspecified atom stereocenters. The van der Waals surface area contributed by atoms with Crippen LogP contribution in [0.1, 0.15) is 19.8 Å². The molecule has 1 aliphatic heterocycles. The third-order valence-electron chi connectivity index (χ3n) is 3.48. The van der Waals surface area contributed by atoms with Crippen LogP contribution >= 0.6 is 0 Å². The van der Waals surface area contributed by atoms with Crippen molar-refractivity contribution in [3.8, 4) is 0 Å². The number of sulfonamides is 1. The molecule has 2 rings (SSSR count). The van der Waals surface area contributed by atoms with Gasteiger partial charge in [-0.15, -0.1) is 0 Å². The van der Waals surface area contributed by atoms with Crippen molar-refractivity contribution in [1.29, 1.82) is 0 Å². The third kappa shape index (κ3) is 3.36. The van der Waals surface area contributed by atoms with Crippen LogP contribution in [0.25, 0.3) is 0 Å². The molecule has 2 N–H and O–H groups in total. The summed E-state index contributed by atoms with van der Waals surface area (Å²) < 4.78 is 40.8. The number of hydrogen-bond acceptors (Lipinski definition) is 5. The van der Waals surface area contributed by atoms with Gasteiger partial charge in [-0.05, 0) is 32.4 Å². The predicted molar refractivity (Wildman–Crippen MR) is 73.9 cm³/mol. The summed E-state index contributed by atoms with van der Waals surface area (Å²) in [6, 6.07) is 2.42. The van der Waals surface area contributed by atoms with Gasteiger partial charge in [-0.25, -0.2) is 17.5 Å². The van der Waals surface area contributed by atoms with Crippen molar-refractivity contribution in [2.45, 2.75) is 36.7 Å². The number of halogens is 1. The lowest BCUT2D eigenvalue weighted by Crippen LogP contribution is -2.51. The minimum Gasteiger partial charge on any atom is -0.313 e. The van der Waals surface area contributed by atoms with Crippen molar-refractivity contribution in [2.75, 3.05) is 6.54 Å². The van der Waals surface area contributed by atoms with Gasteiger partial charge in [0.05, 0.1) is 4.92 Å². The van der Waals surface area contributed by atoms with Crippen LogP contribution in [0, 0.1) is 15.9 Å². The van der Waals surface area contributed by atoms with Gasteiger partial charge in [0, 0.05) is 18.2 Å². The molecule has 21 heavy (non-hydrogen) atoms. The predicted octanol–water partition coefficient (Wildman–Crippen LogP) is 1.15. The van der Waals surface area contributed by atoms with E-state index in [2.05, 4.69) is 10.0 Å². The van der Waals surface area contributed by atoms with E-state index < -0.39 is 37.4 Å². The summed E-state index contributed by atoms with van der Waals surface area (Å²) in [5.74, 6) is -1.13. The van der Waals surface area contributed by atoms with E-state index >= 15 is 0 Å². The van der Waals surface area contributed by atoms with Crippen LogP contribution in [0.2, 0.25) is 0 Å². The summed E-state index contributed by atoms with van der Waals surface area (Å²) in [7, 11) is -4.31. The van der Waals surface area contributed by atoms with Gasteiger partial charge in [-0.3, -0.25) is 10.1 Å². The van der Waals surface area contributed by atoms with Gasteiger partial charge in [-0.2, -0.15) is 0 Å². The quantitative estimate of drug-likeness (QED) is 0.641. The number of nitrogens with one attached hydrogen (secondary N) is 2. The Morgan fingerprint density at radius 2 is 2.19 bits per heavy atom. The Labute approximate surface area is 121 Å². The second-order valence-corrected chi connectivity index (χ2v) is 6.61. The van der Waals surface area contributed by atoms with E-state index in [1.54, 1.807) is 0 Å². The van der Waals surface area contributed by atoms with E-state index in [1.165, 1.54) is 0 Å². The van der Waals surface area contributed by atoms with Gasteiger partial charge in [0.1, 0.15) is 5.82 Å². The highest BCUT2D eigenvalue weighted by Crippen LogP contribution is 2.27. The number of nitrogens with zero attached hydrogens (tertiary/aromatic N) is 1. The lowest BCUT2D eigenvalue weighted by atomic mass is 10.0. The highest BCUT2D eigenvalue weighted by molar-refractivity contribution is 7.89. The van der Waals surface area contributed by atoms with Crippen LogP contribution in [0.3, 0.4) is 0 Å². The van der Waals surface area contributed by atoms with E-state index in [1.807, 2.05) is 6.92 Å². The molecule has 7 nitrogen and oxygen atoms in total. The van der Waals surface area contributed by atoms with Crippen LogP contribution in [0.15, 0.2) is 23.1 Å². The summed E-state index contributed by atoms with van der Waals surface area (Å²) in [5.41, 5.74) is -0.765. The van der Waals surface area contributed by atoms with Crippen molar-refractivity contribution in [1.82, 2.24) is 10.0 Å². The zero-order valence-electron chi connectivity index (χ0n) is 11.4. The number of nitro benzene ring substituents is 1. The molecule has 1 saturated heterocycles. The Balaban J connectivity index is 2.38. The number of hydrogen-bond donors (Lipinski definition) is 2. The molecule has 0 radical (unpaired) electrons. The standard InChI is InChI=1S/C12H16FN3O4S/c1-8-10(5-3-7-14-8)15-21(19,20)12-9(13)4-2-6-11(12)16(17)18/h2,4,6,8,10,14-15H,3,5,7H2,1H3. The number of piperidine rings is 1. The summed E-state index contributed by atoms with van der Waals surface area (Å²) in [6.07, 6.45) is 1.37.